The number of H-pyrrole nitrogens is 1. The highest BCUT2D eigenvalue weighted by molar-refractivity contribution is 5.86. The number of pyridine rings is 1. The highest BCUT2D eigenvalue weighted by Crippen LogP contribution is 2.43. The first-order chi connectivity index (χ1) is 16.4. The van der Waals surface area contributed by atoms with Crippen LogP contribution in [0.2, 0.25) is 0 Å². The normalized spacial score (nSPS) is 14.9. The van der Waals surface area contributed by atoms with Gasteiger partial charge in [0.1, 0.15) is 11.9 Å². The number of hydrogen-bond acceptors (Lipinski definition) is 6. The molecule has 1 aromatic heterocycles. The van der Waals surface area contributed by atoms with E-state index in [2.05, 4.69) is 4.98 Å². The highest BCUT2D eigenvalue weighted by Gasteiger charge is 2.64. The molecule has 2 N–H and O–H groups in total. The van der Waals surface area contributed by atoms with Crippen molar-refractivity contribution in [1.29, 1.82) is 0 Å². The molecule has 10 heteroatoms. The standard InChI is InChI=1S/C25H26F3NO6/c1-23(2,32)19(14-17-20(33-3)16-12-8-9-13-18(16)29-21(17)30)35-22(31)24(34-4,25(26,27)28)15-10-6-5-7-11-15/h5-13,19,32H,14H2,1-4H3,(H,29,30)/t19-,24+/m0/s1. The summed E-state index contributed by atoms with van der Waals surface area (Å²) in [5.74, 6) is -1.62. The summed E-state index contributed by atoms with van der Waals surface area (Å²) in [6.45, 7) is 2.52. The largest absolute Gasteiger partial charge is 0.496 e. The quantitative estimate of drug-likeness (QED) is 0.463. The number of rotatable bonds is 8. The Morgan fingerprint density at radius 2 is 1.63 bits per heavy atom. The lowest BCUT2D eigenvalue weighted by molar-refractivity contribution is -0.280. The zero-order valence-electron chi connectivity index (χ0n) is 19.6. The second-order valence-corrected chi connectivity index (χ2v) is 8.51. The van der Waals surface area contributed by atoms with Crippen molar-refractivity contribution in [3.63, 3.8) is 0 Å². The van der Waals surface area contributed by atoms with Crippen LogP contribution in [0.25, 0.3) is 10.9 Å². The van der Waals surface area contributed by atoms with Crippen LogP contribution >= 0.6 is 0 Å². The number of carbonyl (C=O) groups excluding carboxylic acids is 1. The molecule has 0 spiro atoms. The van der Waals surface area contributed by atoms with Gasteiger partial charge < -0.3 is 24.3 Å². The first-order valence-corrected chi connectivity index (χ1v) is 10.7. The van der Waals surface area contributed by atoms with Gasteiger partial charge in [-0.3, -0.25) is 4.79 Å². The third-order valence-corrected chi connectivity index (χ3v) is 5.77. The molecule has 0 amide bonds. The number of alkyl halides is 3. The number of aromatic amines is 1. The molecule has 35 heavy (non-hydrogen) atoms. The van der Waals surface area contributed by atoms with E-state index in [-0.39, 0.29) is 11.3 Å². The van der Waals surface area contributed by atoms with Gasteiger partial charge in [0.2, 0.25) is 0 Å². The molecule has 188 valence electrons. The van der Waals surface area contributed by atoms with E-state index in [1.807, 2.05) is 0 Å². The van der Waals surface area contributed by atoms with Gasteiger partial charge >= 0.3 is 12.1 Å². The van der Waals surface area contributed by atoms with Crippen LogP contribution in [0.4, 0.5) is 13.2 Å². The number of ether oxygens (including phenoxy) is 3. The molecule has 2 atom stereocenters. The molecule has 0 aliphatic rings. The van der Waals surface area contributed by atoms with E-state index in [9.17, 15) is 27.9 Å². The molecule has 3 aromatic rings. The Kier molecular flexibility index (Phi) is 7.28. The van der Waals surface area contributed by atoms with Crippen molar-refractivity contribution in [1.82, 2.24) is 4.98 Å². The molecule has 0 bridgehead atoms. The fourth-order valence-corrected chi connectivity index (χ4v) is 3.89. The predicted molar refractivity (Wildman–Crippen MR) is 122 cm³/mol. The molecule has 2 aromatic carbocycles. The van der Waals surface area contributed by atoms with Crippen molar-refractivity contribution in [2.75, 3.05) is 14.2 Å². The number of benzene rings is 2. The average Bonchev–Trinajstić information content (AvgIpc) is 2.79. The number of fused-ring (bicyclic) bond motifs is 1. The Morgan fingerprint density at radius 1 is 1.03 bits per heavy atom. The van der Waals surface area contributed by atoms with Gasteiger partial charge in [-0.1, -0.05) is 42.5 Å². The molecule has 3 rings (SSSR count). The van der Waals surface area contributed by atoms with Crippen LogP contribution in [-0.4, -0.2) is 48.2 Å². The molecule has 0 aliphatic carbocycles. The SMILES string of the molecule is COc1c(C[C@H](OC(=O)[C@](OC)(c2ccccc2)C(F)(F)F)C(C)(C)O)c(=O)[nH]c2ccccc12. The van der Waals surface area contributed by atoms with Gasteiger partial charge in [0.05, 0.1) is 23.8 Å². The average molecular weight is 493 g/mol. The zero-order chi connectivity index (χ0) is 26.0. The van der Waals surface area contributed by atoms with Crippen molar-refractivity contribution < 1.29 is 37.3 Å². The number of para-hydroxylation sites is 1. The summed E-state index contributed by atoms with van der Waals surface area (Å²) in [7, 11) is 2.09. The molecule has 1 heterocycles. The van der Waals surface area contributed by atoms with E-state index in [4.69, 9.17) is 14.2 Å². The van der Waals surface area contributed by atoms with Gasteiger partial charge in [0.25, 0.3) is 11.2 Å². The number of methoxy groups -OCH3 is 2. The zero-order valence-corrected chi connectivity index (χ0v) is 19.6. The van der Waals surface area contributed by atoms with Gasteiger partial charge in [-0.25, -0.2) is 4.79 Å². The minimum Gasteiger partial charge on any atom is -0.496 e. The molecule has 0 saturated carbocycles. The summed E-state index contributed by atoms with van der Waals surface area (Å²) in [5, 5.41) is 11.3. The topological polar surface area (TPSA) is 97.8 Å². The summed E-state index contributed by atoms with van der Waals surface area (Å²) < 4.78 is 58.3. The monoisotopic (exact) mass is 493 g/mol. The van der Waals surface area contributed by atoms with E-state index in [1.165, 1.54) is 39.2 Å². The maximum atomic E-state index is 14.3. The molecule has 0 aliphatic heterocycles. The number of nitrogens with one attached hydrogen (secondary N) is 1. The molecule has 0 saturated heterocycles. The van der Waals surface area contributed by atoms with Crippen molar-refractivity contribution in [3.8, 4) is 5.75 Å². The van der Waals surface area contributed by atoms with Crippen LogP contribution in [0.5, 0.6) is 5.75 Å². The number of esters is 1. The lowest BCUT2D eigenvalue weighted by Gasteiger charge is -2.36. The number of halogens is 3. The van der Waals surface area contributed by atoms with Crippen LogP contribution in [0.3, 0.4) is 0 Å². The Labute approximate surface area is 199 Å². The van der Waals surface area contributed by atoms with E-state index in [0.29, 0.717) is 10.9 Å². The van der Waals surface area contributed by atoms with Crippen LogP contribution in [0.15, 0.2) is 59.4 Å². The number of hydrogen-bond donors (Lipinski definition) is 2. The molecule has 0 unspecified atom stereocenters. The second kappa shape index (κ2) is 9.71. The lowest BCUT2D eigenvalue weighted by atomic mass is 9.91. The van der Waals surface area contributed by atoms with Crippen LogP contribution in [0, 0.1) is 0 Å². The van der Waals surface area contributed by atoms with Gasteiger partial charge in [-0.15, -0.1) is 0 Å². The number of aliphatic hydroxyl groups is 1. The third kappa shape index (κ3) is 4.89. The van der Waals surface area contributed by atoms with E-state index < -0.39 is 47.0 Å². The Morgan fingerprint density at radius 3 is 2.17 bits per heavy atom. The van der Waals surface area contributed by atoms with Crippen molar-refractivity contribution >= 4 is 16.9 Å². The molecule has 7 nitrogen and oxygen atoms in total. The maximum Gasteiger partial charge on any atom is 0.432 e. The minimum atomic E-state index is -5.19. The smallest absolute Gasteiger partial charge is 0.432 e. The summed E-state index contributed by atoms with van der Waals surface area (Å²) in [6, 6.07) is 13.1. The number of carbonyl (C=O) groups is 1. The van der Waals surface area contributed by atoms with E-state index in [0.717, 1.165) is 19.2 Å². The first-order valence-electron chi connectivity index (χ1n) is 10.7. The first kappa shape index (κ1) is 26.2. The van der Waals surface area contributed by atoms with Crippen molar-refractivity contribution in [3.05, 3.63) is 76.1 Å². The second-order valence-electron chi connectivity index (χ2n) is 8.51. The summed E-state index contributed by atoms with van der Waals surface area (Å²) in [6.07, 6.45) is -7.18. The summed E-state index contributed by atoms with van der Waals surface area (Å²) in [4.78, 5) is 28.7. The van der Waals surface area contributed by atoms with Gasteiger partial charge in [-0.05, 0) is 26.0 Å². The van der Waals surface area contributed by atoms with Crippen LogP contribution in [-0.2, 0) is 26.3 Å². The summed E-state index contributed by atoms with van der Waals surface area (Å²) >= 11 is 0. The molecular formula is C25H26F3NO6. The number of aromatic nitrogens is 1. The fourth-order valence-electron chi connectivity index (χ4n) is 3.89. The predicted octanol–water partition coefficient (Wildman–Crippen LogP) is 3.87. The lowest BCUT2D eigenvalue weighted by Crippen LogP contribution is -2.54. The van der Waals surface area contributed by atoms with Gasteiger partial charge in [-0.2, -0.15) is 13.2 Å². The summed E-state index contributed by atoms with van der Waals surface area (Å²) in [5.41, 5.74) is -5.88. The molecular weight excluding hydrogens is 467 g/mol. The maximum absolute atomic E-state index is 14.3. The molecule has 0 radical (unpaired) electrons. The van der Waals surface area contributed by atoms with Gasteiger partial charge in [0, 0.05) is 24.5 Å². The minimum absolute atomic E-state index is 0.000798. The van der Waals surface area contributed by atoms with E-state index in [1.54, 1.807) is 24.3 Å². The Bertz CT molecular complexity index is 1250. The Hall–Kier alpha value is -3.37. The van der Waals surface area contributed by atoms with Crippen LogP contribution in [0.1, 0.15) is 25.0 Å². The fraction of sp³-hybridized carbons (Fsp3) is 0.360. The Balaban J connectivity index is 2.09. The van der Waals surface area contributed by atoms with Gasteiger partial charge in [0.15, 0.2) is 0 Å². The van der Waals surface area contributed by atoms with E-state index >= 15 is 0 Å². The van der Waals surface area contributed by atoms with Crippen molar-refractivity contribution in [2.24, 2.45) is 0 Å². The van der Waals surface area contributed by atoms with Crippen molar-refractivity contribution in [2.45, 2.75) is 43.8 Å². The highest BCUT2D eigenvalue weighted by atomic mass is 19.4. The molecule has 0 fully saturated rings. The third-order valence-electron chi connectivity index (χ3n) is 5.77. The van der Waals surface area contributed by atoms with Crippen LogP contribution < -0.4 is 10.3 Å².